The SMILES string of the molecule is O=C(O)C(=O)N1CCSc2cc(Cl)ccc21. The first-order valence-corrected chi connectivity index (χ1v) is 5.93. The molecular weight excluding hydrogens is 250 g/mol. The monoisotopic (exact) mass is 257 g/mol. The fourth-order valence-electron chi connectivity index (χ4n) is 1.52. The summed E-state index contributed by atoms with van der Waals surface area (Å²) < 4.78 is 0. The van der Waals surface area contributed by atoms with Gasteiger partial charge in [0.2, 0.25) is 0 Å². The van der Waals surface area contributed by atoms with E-state index in [1.165, 1.54) is 4.90 Å². The molecule has 1 aromatic carbocycles. The molecule has 0 atom stereocenters. The maximum Gasteiger partial charge on any atom is 0.394 e. The van der Waals surface area contributed by atoms with Gasteiger partial charge >= 0.3 is 11.9 Å². The minimum atomic E-state index is -1.44. The van der Waals surface area contributed by atoms with Crippen molar-refractivity contribution in [2.75, 3.05) is 17.2 Å². The van der Waals surface area contributed by atoms with Crippen molar-refractivity contribution < 1.29 is 14.7 Å². The molecule has 1 aromatic rings. The maximum absolute atomic E-state index is 11.4. The van der Waals surface area contributed by atoms with Gasteiger partial charge in [-0.05, 0) is 18.2 Å². The molecule has 0 aromatic heterocycles. The number of thioether (sulfide) groups is 1. The number of carbonyl (C=O) groups excluding carboxylic acids is 1. The third-order valence-corrected chi connectivity index (χ3v) is 3.47. The molecule has 0 radical (unpaired) electrons. The average Bonchev–Trinajstić information content (AvgIpc) is 2.26. The van der Waals surface area contributed by atoms with Crippen molar-refractivity contribution in [2.45, 2.75) is 4.90 Å². The Kier molecular flexibility index (Phi) is 3.07. The van der Waals surface area contributed by atoms with Gasteiger partial charge in [0.15, 0.2) is 0 Å². The van der Waals surface area contributed by atoms with E-state index in [0.717, 1.165) is 4.90 Å². The van der Waals surface area contributed by atoms with Crippen molar-refractivity contribution in [3.63, 3.8) is 0 Å². The number of benzene rings is 1. The number of anilines is 1. The van der Waals surface area contributed by atoms with Crippen LogP contribution in [-0.2, 0) is 9.59 Å². The van der Waals surface area contributed by atoms with Crippen molar-refractivity contribution in [3.8, 4) is 0 Å². The zero-order valence-corrected chi connectivity index (χ0v) is 9.72. The predicted octanol–water partition coefficient (Wildman–Crippen LogP) is 1.86. The number of carboxylic acids is 1. The van der Waals surface area contributed by atoms with E-state index in [1.54, 1.807) is 30.0 Å². The lowest BCUT2D eigenvalue weighted by molar-refractivity contribution is -0.148. The van der Waals surface area contributed by atoms with Crippen LogP contribution < -0.4 is 4.90 Å². The number of rotatable bonds is 0. The quantitative estimate of drug-likeness (QED) is 0.721. The van der Waals surface area contributed by atoms with Crippen molar-refractivity contribution in [1.29, 1.82) is 0 Å². The van der Waals surface area contributed by atoms with E-state index < -0.39 is 11.9 Å². The number of halogens is 1. The van der Waals surface area contributed by atoms with Gasteiger partial charge in [-0.3, -0.25) is 4.79 Å². The smallest absolute Gasteiger partial charge is 0.394 e. The van der Waals surface area contributed by atoms with E-state index >= 15 is 0 Å². The summed E-state index contributed by atoms with van der Waals surface area (Å²) in [5, 5.41) is 9.27. The molecule has 84 valence electrons. The van der Waals surface area contributed by atoms with E-state index in [2.05, 4.69) is 0 Å². The Morgan fingerprint density at radius 1 is 1.44 bits per heavy atom. The first-order chi connectivity index (χ1) is 7.59. The number of carbonyl (C=O) groups is 2. The zero-order chi connectivity index (χ0) is 11.7. The number of nitrogens with zero attached hydrogens (tertiary/aromatic N) is 1. The third-order valence-electron chi connectivity index (χ3n) is 2.21. The molecule has 6 heteroatoms. The lowest BCUT2D eigenvalue weighted by Gasteiger charge is -2.27. The summed E-state index contributed by atoms with van der Waals surface area (Å²) in [5.41, 5.74) is 0.619. The molecule has 0 saturated heterocycles. The van der Waals surface area contributed by atoms with Crippen LogP contribution in [0.4, 0.5) is 5.69 Å². The molecular formula is C10H8ClNO3S. The van der Waals surface area contributed by atoms with Crippen molar-refractivity contribution in [2.24, 2.45) is 0 Å². The highest BCUT2D eigenvalue weighted by atomic mass is 35.5. The molecule has 0 bridgehead atoms. The highest BCUT2D eigenvalue weighted by Crippen LogP contribution is 2.36. The second kappa shape index (κ2) is 4.35. The van der Waals surface area contributed by atoms with Crippen LogP contribution in [0.25, 0.3) is 0 Å². The van der Waals surface area contributed by atoms with Gasteiger partial charge in [0, 0.05) is 22.2 Å². The van der Waals surface area contributed by atoms with Crippen LogP contribution >= 0.6 is 23.4 Å². The number of fused-ring (bicyclic) bond motifs is 1. The average molecular weight is 258 g/mol. The number of aliphatic carboxylic acids is 1. The van der Waals surface area contributed by atoms with Crippen LogP contribution in [0, 0.1) is 0 Å². The first-order valence-electron chi connectivity index (χ1n) is 4.57. The largest absolute Gasteiger partial charge is 0.474 e. The lowest BCUT2D eigenvalue weighted by atomic mass is 10.2. The molecule has 0 spiro atoms. The van der Waals surface area contributed by atoms with E-state index in [-0.39, 0.29) is 0 Å². The molecule has 16 heavy (non-hydrogen) atoms. The highest BCUT2D eigenvalue weighted by molar-refractivity contribution is 7.99. The van der Waals surface area contributed by atoms with Gasteiger partial charge in [-0.15, -0.1) is 11.8 Å². The summed E-state index contributed by atoms with van der Waals surface area (Å²) in [6, 6.07) is 5.06. The fraction of sp³-hybridized carbons (Fsp3) is 0.200. The molecule has 1 N–H and O–H groups in total. The Labute approximate surface area is 101 Å². The third kappa shape index (κ3) is 2.01. The standard InChI is InChI=1S/C10H8ClNO3S/c11-6-1-2-7-8(5-6)16-4-3-12(7)9(13)10(14)15/h1-2,5H,3-4H2,(H,14,15). The minimum absolute atomic E-state index is 0.407. The molecule has 1 aliphatic heterocycles. The summed E-state index contributed by atoms with van der Waals surface area (Å²) in [5.74, 6) is -1.66. The van der Waals surface area contributed by atoms with Crippen LogP contribution in [0.15, 0.2) is 23.1 Å². The summed E-state index contributed by atoms with van der Waals surface area (Å²) in [7, 11) is 0. The molecule has 1 aliphatic rings. The van der Waals surface area contributed by atoms with E-state index in [4.69, 9.17) is 16.7 Å². The Bertz CT molecular complexity index is 463. The van der Waals surface area contributed by atoms with Crippen LogP contribution in [0.3, 0.4) is 0 Å². The Morgan fingerprint density at radius 2 is 2.19 bits per heavy atom. The molecule has 0 fully saturated rings. The van der Waals surface area contributed by atoms with Crippen molar-refractivity contribution >= 4 is 40.9 Å². The van der Waals surface area contributed by atoms with Crippen molar-refractivity contribution in [3.05, 3.63) is 23.2 Å². The van der Waals surface area contributed by atoms with Gasteiger partial charge < -0.3 is 10.0 Å². The summed E-state index contributed by atoms with van der Waals surface area (Å²) in [6.07, 6.45) is 0. The summed E-state index contributed by atoms with van der Waals surface area (Å²) in [6.45, 7) is 0.407. The van der Waals surface area contributed by atoms with Gasteiger partial charge in [0.05, 0.1) is 5.69 Å². The topological polar surface area (TPSA) is 57.6 Å². The zero-order valence-electron chi connectivity index (χ0n) is 8.14. The molecule has 0 saturated carbocycles. The van der Waals surface area contributed by atoms with Gasteiger partial charge in [-0.1, -0.05) is 11.6 Å². The lowest BCUT2D eigenvalue weighted by Crippen LogP contribution is -2.39. The molecule has 0 unspecified atom stereocenters. The summed E-state index contributed by atoms with van der Waals surface area (Å²) >= 11 is 7.40. The van der Waals surface area contributed by atoms with Gasteiger partial charge in [-0.2, -0.15) is 0 Å². The molecule has 2 rings (SSSR count). The van der Waals surface area contributed by atoms with Crippen LogP contribution in [0.2, 0.25) is 5.02 Å². The Hall–Kier alpha value is -1.20. The van der Waals surface area contributed by atoms with Crippen LogP contribution in [0.1, 0.15) is 0 Å². The van der Waals surface area contributed by atoms with Gasteiger partial charge in [-0.25, -0.2) is 4.79 Å². The maximum atomic E-state index is 11.4. The second-order valence-corrected chi connectivity index (χ2v) is 4.80. The Morgan fingerprint density at radius 3 is 2.88 bits per heavy atom. The fourth-order valence-corrected chi connectivity index (χ4v) is 2.79. The normalized spacial score (nSPS) is 14.4. The molecule has 0 aliphatic carbocycles. The molecule has 4 nitrogen and oxygen atoms in total. The molecule has 1 amide bonds. The van der Waals surface area contributed by atoms with E-state index in [1.807, 2.05) is 0 Å². The number of amides is 1. The van der Waals surface area contributed by atoms with Gasteiger partial charge in [0.25, 0.3) is 0 Å². The predicted molar refractivity (Wildman–Crippen MR) is 62.2 cm³/mol. The first kappa shape index (κ1) is 11.3. The van der Waals surface area contributed by atoms with Crippen molar-refractivity contribution in [1.82, 2.24) is 0 Å². The minimum Gasteiger partial charge on any atom is -0.474 e. The molecule has 1 heterocycles. The second-order valence-electron chi connectivity index (χ2n) is 3.22. The van der Waals surface area contributed by atoms with Crippen LogP contribution in [0.5, 0.6) is 0 Å². The number of hydrogen-bond donors (Lipinski definition) is 1. The number of hydrogen-bond acceptors (Lipinski definition) is 3. The summed E-state index contributed by atoms with van der Waals surface area (Å²) in [4.78, 5) is 24.2. The van der Waals surface area contributed by atoms with E-state index in [0.29, 0.717) is 23.0 Å². The van der Waals surface area contributed by atoms with E-state index in [9.17, 15) is 9.59 Å². The van der Waals surface area contributed by atoms with Crippen LogP contribution in [-0.4, -0.2) is 29.3 Å². The Balaban J connectivity index is 2.40. The highest BCUT2D eigenvalue weighted by Gasteiger charge is 2.27. The van der Waals surface area contributed by atoms with Gasteiger partial charge in [0.1, 0.15) is 0 Å². The number of carboxylic acid groups (broad SMARTS) is 1.